The summed E-state index contributed by atoms with van der Waals surface area (Å²) in [6.07, 6.45) is 0.413. The maximum Gasteiger partial charge on any atom is 0.280 e. The molecule has 0 radical (unpaired) electrons. The number of hydrogen-bond acceptors (Lipinski definition) is 5. The first-order valence-electron chi connectivity index (χ1n) is 8.29. The Morgan fingerprint density at radius 1 is 1.07 bits per heavy atom. The molecule has 2 N–H and O–H groups in total. The molecule has 0 bridgehead atoms. The molecule has 0 atom stereocenters. The van der Waals surface area contributed by atoms with Crippen LogP contribution in [0.3, 0.4) is 0 Å². The van der Waals surface area contributed by atoms with Crippen molar-refractivity contribution in [2.45, 2.75) is 6.43 Å². The molecule has 6 nitrogen and oxygen atoms in total. The smallest absolute Gasteiger partial charge is 0.280 e. The first-order chi connectivity index (χ1) is 13.6. The lowest BCUT2D eigenvalue weighted by Crippen LogP contribution is -1.97. The second-order valence-electron chi connectivity index (χ2n) is 5.91. The molecule has 28 heavy (non-hydrogen) atoms. The van der Waals surface area contributed by atoms with Gasteiger partial charge in [0.25, 0.3) is 6.43 Å². The zero-order valence-electron chi connectivity index (χ0n) is 14.4. The summed E-state index contributed by atoms with van der Waals surface area (Å²) in [5.41, 5.74) is 1.56. The van der Waals surface area contributed by atoms with Gasteiger partial charge in [-0.3, -0.25) is 4.98 Å². The minimum Gasteiger partial charge on any atom is -0.456 e. The fourth-order valence-electron chi connectivity index (χ4n) is 2.68. The van der Waals surface area contributed by atoms with Crippen molar-refractivity contribution >= 4 is 22.4 Å². The van der Waals surface area contributed by atoms with Gasteiger partial charge in [0, 0.05) is 29.5 Å². The summed E-state index contributed by atoms with van der Waals surface area (Å²) in [5.74, 6) is 1.02. The number of aromatic amines is 1. The molecule has 0 saturated carbocycles. The van der Waals surface area contributed by atoms with Crippen LogP contribution in [0.25, 0.3) is 10.9 Å². The molecule has 0 amide bonds. The number of nitrogens with one attached hydrogen (secondary N) is 2. The molecule has 138 valence electrons. The fraction of sp³-hybridized carbons (Fsp3) is 0.0500. The van der Waals surface area contributed by atoms with Crippen LogP contribution in [0.15, 0.2) is 60.9 Å². The summed E-state index contributed by atoms with van der Waals surface area (Å²) in [4.78, 5) is 11.0. The van der Waals surface area contributed by atoms with E-state index in [2.05, 4.69) is 20.3 Å². The number of alkyl halides is 2. The van der Waals surface area contributed by atoms with Crippen LogP contribution in [-0.4, -0.2) is 15.0 Å². The number of nitriles is 1. The van der Waals surface area contributed by atoms with Crippen LogP contribution >= 0.6 is 0 Å². The highest BCUT2D eigenvalue weighted by molar-refractivity contribution is 5.83. The minimum absolute atomic E-state index is 0.151. The van der Waals surface area contributed by atoms with Crippen molar-refractivity contribution in [2.75, 3.05) is 5.32 Å². The van der Waals surface area contributed by atoms with Gasteiger partial charge < -0.3 is 15.0 Å². The van der Waals surface area contributed by atoms with E-state index in [4.69, 9.17) is 4.74 Å². The monoisotopic (exact) mass is 377 g/mol. The summed E-state index contributed by atoms with van der Waals surface area (Å²) >= 11 is 0. The predicted molar refractivity (Wildman–Crippen MR) is 99.8 cm³/mol. The lowest BCUT2D eigenvalue weighted by molar-refractivity contribution is 0.146. The Morgan fingerprint density at radius 2 is 1.96 bits per heavy atom. The molecular formula is C20H13F2N5O. The maximum absolute atomic E-state index is 12.6. The van der Waals surface area contributed by atoms with Gasteiger partial charge >= 0.3 is 0 Å². The molecule has 0 aliphatic rings. The number of hydrogen-bond donors (Lipinski definition) is 2. The molecule has 0 fully saturated rings. The van der Waals surface area contributed by atoms with E-state index in [9.17, 15) is 14.0 Å². The van der Waals surface area contributed by atoms with E-state index in [-0.39, 0.29) is 17.1 Å². The van der Waals surface area contributed by atoms with Gasteiger partial charge in [-0.05, 0) is 35.7 Å². The van der Waals surface area contributed by atoms with Gasteiger partial charge in [0.05, 0.1) is 6.20 Å². The number of rotatable bonds is 5. The molecule has 0 saturated heterocycles. The summed E-state index contributed by atoms with van der Waals surface area (Å²) < 4.78 is 30.9. The second-order valence-corrected chi connectivity index (χ2v) is 5.91. The first kappa shape index (κ1) is 17.4. The van der Waals surface area contributed by atoms with Crippen LogP contribution in [0.5, 0.6) is 11.5 Å². The Morgan fingerprint density at radius 3 is 2.71 bits per heavy atom. The first-order valence-corrected chi connectivity index (χ1v) is 8.29. The molecule has 1 aromatic carbocycles. The zero-order chi connectivity index (χ0) is 19.5. The lowest BCUT2D eigenvalue weighted by atomic mass is 10.2. The average Bonchev–Trinajstić information content (AvgIpc) is 3.16. The molecule has 0 spiro atoms. The SMILES string of the molecule is N#Cc1cc(Oc2ccc(C(F)F)nc2)cc(Nc2ccc3cc[nH]c3c2)n1. The normalized spacial score (nSPS) is 10.8. The van der Waals surface area contributed by atoms with Gasteiger partial charge in [0.15, 0.2) is 0 Å². The molecule has 4 rings (SSSR count). The van der Waals surface area contributed by atoms with Crippen LogP contribution in [0.1, 0.15) is 17.8 Å². The average molecular weight is 377 g/mol. The van der Waals surface area contributed by atoms with E-state index in [0.29, 0.717) is 11.6 Å². The predicted octanol–water partition coefficient (Wildman–Crippen LogP) is 5.30. The third-order valence-corrected chi connectivity index (χ3v) is 3.96. The highest BCUT2D eigenvalue weighted by atomic mass is 19.3. The van der Waals surface area contributed by atoms with Crippen molar-refractivity contribution < 1.29 is 13.5 Å². The third-order valence-electron chi connectivity index (χ3n) is 3.96. The molecular weight excluding hydrogens is 364 g/mol. The van der Waals surface area contributed by atoms with E-state index < -0.39 is 6.43 Å². The number of pyridine rings is 2. The number of anilines is 2. The van der Waals surface area contributed by atoms with Gasteiger partial charge in [0.2, 0.25) is 0 Å². The molecule has 4 aromatic rings. The molecule has 3 heterocycles. The van der Waals surface area contributed by atoms with E-state index in [1.807, 2.05) is 36.5 Å². The maximum atomic E-state index is 12.6. The van der Waals surface area contributed by atoms with Crippen molar-refractivity contribution in [3.8, 4) is 17.6 Å². The summed E-state index contributed by atoms with van der Waals surface area (Å²) in [6.45, 7) is 0. The summed E-state index contributed by atoms with van der Waals surface area (Å²) in [7, 11) is 0. The standard InChI is InChI=1S/C20H13F2N5O/c21-20(22)17-4-3-15(11-25-17)28-16-7-14(10-23)27-19(9-16)26-13-2-1-12-5-6-24-18(12)8-13/h1-9,11,20,24H,(H,26,27). The van der Waals surface area contributed by atoms with Crippen LogP contribution in [0.2, 0.25) is 0 Å². The van der Waals surface area contributed by atoms with Crippen LogP contribution in [-0.2, 0) is 0 Å². The number of fused-ring (bicyclic) bond motifs is 1. The van der Waals surface area contributed by atoms with Crippen molar-refractivity contribution in [2.24, 2.45) is 0 Å². The van der Waals surface area contributed by atoms with Crippen LogP contribution in [0, 0.1) is 11.3 Å². The summed E-state index contributed by atoms with van der Waals surface area (Å²) in [6, 6.07) is 15.4. The van der Waals surface area contributed by atoms with Crippen molar-refractivity contribution in [3.63, 3.8) is 0 Å². The van der Waals surface area contributed by atoms with Gasteiger partial charge in [-0.2, -0.15) is 5.26 Å². The van der Waals surface area contributed by atoms with Crippen molar-refractivity contribution in [1.29, 1.82) is 5.26 Å². The molecule has 8 heteroatoms. The Labute approximate surface area is 158 Å². The Balaban J connectivity index is 1.59. The highest BCUT2D eigenvalue weighted by Crippen LogP contribution is 2.27. The van der Waals surface area contributed by atoms with Crippen LogP contribution < -0.4 is 10.1 Å². The van der Waals surface area contributed by atoms with Gasteiger partial charge in [-0.1, -0.05) is 6.07 Å². The topological polar surface area (TPSA) is 86.6 Å². The quantitative estimate of drug-likeness (QED) is 0.493. The van der Waals surface area contributed by atoms with E-state index >= 15 is 0 Å². The Kier molecular flexibility index (Phi) is 4.56. The van der Waals surface area contributed by atoms with E-state index in [1.54, 1.807) is 6.07 Å². The van der Waals surface area contributed by atoms with Crippen LogP contribution in [0.4, 0.5) is 20.3 Å². The second kappa shape index (κ2) is 7.32. The number of benzene rings is 1. The molecule has 3 aromatic heterocycles. The Hall–Kier alpha value is -3.99. The third kappa shape index (κ3) is 3.73. The zero-order valence-corrected chi connectivity index (χ0v) is 14.4. The largest absolute Gasteiger partial charge is 0.456 e. The molecule has 0 unspecified atom stereocenters. The van der Waals surface area contributed by atoms with E-state index in [0.717, 1.165) is 16.6 Å². The van der Waals surface area contributed by atoms with Gasteiger partial charge in [0.1, 0.15) is 34.8 Å². The summed E-state index contributed by atoms with van der Waals surface area (Å²) in [5, 5.41) is 13.4. The number of halogens is 2. The number of H-pyrrole nitrogens is 1. The molecule has 0 aliphatic carbocycles. The molecule has 0 aliphatic heterocycles. The Bertz CT molecular complexity index is 1170. The fourth-order valence-corrected chi connectivity index (χ4v) is 2.68. The van der Waals surface area contributed by atoms with Gasteiger partial charge in [-0.15, -0.1) is 0 Å². The van der Waals surface area contributed by atoms with Gasteiger partial charge in [-0.25, -0.2) is 13.8 Å². The highest BCUT2D eigenvalue weighted by Gasteiger charge is 2.10. The van der Waals surface area contributed by atoms with Crippen molar-refractivity contribution in [3.05, 3.63) is 72.3 Å². The lowest BCUT2D eigenvalue weighted by Gasteiger charge is -2.10. The number of nitrogens with zero attached hydrogens (tertiary/aromatic N) is 3. The number of aromatic nitrogens is 3. The van der Waals surface area contributed by atoms with E-state index in [1.165, 1.54) is 24.4 Å². The van der Waals surface area contributed by atoms with Crippen molar-refractivity contribution in [1.82, 2.24) is 15.0 Å². The minimum atomic E-state index is -2.65. The number of ether oxygens (including phenoxy) is 1.